The maximum atomic E-state index is 13.0. The van der Waals surface area contributed by atoms with Crippen LogP contribution in [0.2, 0.25) is 0 Å². The van der Waals surface area contributed by atoms with E-state index in [4.69, 9.17) is 4.74 Å². The Hall–Kier alpha value is -3.23. The number of hydrogen-bond acceptors (Lipinski definition) is 6. The van der Waals surface area contributed by atoms with Crippen molar-refractivity contribution in [3.63, 3.8) is 0 Å². The van der Waals surface area contributed by atoms with Crippen LogP contribution in [0.25, 0.3) is 5.76 Å². The lowest BCUT2D eigenvalue weighted by atomic mass is 9.95. The summed E-state index contributed by atoms with van der Waals surface area (Å²) in [5.74, 6) is -1.14. The minimum absolute atomic E-state index is 0.0121. The lowest BCUT2D eigenvalue weighted by molar-refractivity contribution is -0.132. The molecule has 1 unspecified atom stereocenters. The molecule has 0 radical (unpaired) electrons. The van der Waals surface area contributed by atoms with Crippen LogP contribution in [-0.2, 0) is 9.59 Å². The maximum Gasteiger partial charge on any atom is 0.301 e. The second-order valence-electron chi connectivity index (χ2n) is 6.66. The van der Waals surface area contributed by atoms with Crippen LogP contribution in [0.4, 0.5) is 5.13 Å². The van der Waals surface area contributed by atoms with E-state index >= 15 is 0 Å². The van der Waals surface area contributed by atoms with Crippen LogP contribution in [0.5, 0.6) is 5.75 Å². The second kappa shape index (κ2) is 8.87. The monoisotopic (exact) mass is 496 g/mol. The van der Waals surface area contributed by atoms with Gasteiger partial charge in [-0.1, -0.05) is 40.7 Å². The smallest absolute Gasteiger partial charge is 0.301 e. The van der Waals surface area contributed by atoms with Gasteiger partial charge in [-0.25, -0.2) is 4.98 Å². The number of anilines is 1. The number of ether oxygens (including phenoxy) is 1. The molecule has 2 heterocycles. The molecule has 0 aliphatic carbocycles. The van der Waals surface area contributed by atoms with Crippen molar-refractivity contribution in [2.24, 2.45) is 0 Å². The number of benzene rings is 2. The molecule has 1 aromatic heterocycles. The third kappa shape index (κ3) is 4.04. The summed E-state index contributed by atoms with van der Waals surface area (Å²) in [4.78, 5) is 31.5. The quantitative estimate of drug-likeness (QED) is 0.222. The molecule has 8 heteroatoms. The highest BCUT2D eigenvalue weighted by Gasteiger charge is 2.48. The van der Waals surface area contributed by atoms with Crippen LogP contribution in [0.15, 0.2) is 82.8 Å². The summed E-state index contributed by atoms with van der Waals surface area (Å²) in [5, 5.41) is 13.2. The molecule has 6 nitrogen and oxygen atoms in total. The van der Waals surface area contributed by atoms with Crippen molar-refractivity contribution >= 4 is 49.8 Å². The zero-order valence-electron chi connectivity index (χ0n) is 16.2. The molecule has 3 aromatic rings. The Morgan fingerprint density at radius 3 is 2.68 bits per heavy atom. The Balaban J connectivity index is 1.84. The summed E-state index contributed by atoms with van der Waals surface area (Å²) in [6.07, 6.45) is 3.20. The summed E-state index contributed by atoms with van der Waals surface area (Å²) < 4.78 is 6.26. The van der Waals surface area contributed by atoms with Gasteiger partial charge in [0, 0.05) is 21.6 Å². The van der Waals surface area contributed by atoms with Gasteiger partial charge in [-0.15, -0.1) is 11.3 Å². The van der Waals surface area contributed by atoms with Gasteiger partial charge >= 0.3 is 5.91 Å². The van der Waals surface area contributed by atoms with Crippen molar-refractivity contribution < 1.29 is 19.4 Å². The lowest BCUT2D eigenvalue weighted by Crippen LogP contribution is -2.29. The minimum atomic E-state index is -0.805. The molecule has 1 saturated heterocycles. The summed E-state index contributed by atoms with van der Waals surface area (Å²) >= 11 is 4.69. The number of carbonyl (C=O) groups is 2. The summed E-state index contributed by atoms with van der Waals surface area (Å²) in [7, 11) is 0. The molecule has 1 aliphatic heterocycles. The standard InChI is InChI=1S/C23H17BrN2O4S/c1-2-11-30-17-8-6-14(7-9-17)20(27)18-19(15-4-3-5-16(24)13-15)26(22(29)21(18)28)23-25-10-12-31-23/h2-10,12-13,19,27H,1,11H2. The van der Waals surface area contributed by atoms with Crippen molar-refractivity contribution in [1.29, 1.82) is 0 Å². The average molecular weight is 497 g/mol. The van der Waals surface area contributed by atoms with Crippen molar-refractivity contribution in [3.8, 4) is 5.75 Å². The number of halogens is 1. The number of Topliss-reactive ketones (excluding diaryl/α,β-unsaturated/α-hetero) is 1. The fourth-order valence-electron chi connectivity index (χ4n) is 3.38. The first-order valence-electron chi connectivity index (χ1n) is 9.31. The van der Waals surface area contributed by atoms with Crippen LogP contribution in [0.1, 0.15) is 17.2 Å². The van der Waals surface area contributed by atoms with Gasteiger partial charge in [-0.2, -0.15) is 0 Å². The first-order valence-corrected chi connectivity index (χ1v) is 11.0. The number of aliphatic hydroxyl groups excluding tert-OH is 1. The van der Waals surface area contributed by atoms with Gasteiger partial charge in [0.15, 0.2) is 5.13 Å². The van der Waals surface area contributed by atoms with Crippen LogP contribution in [0.3, 0.4) is 0 Å². The Labute approximate surface area is 191 Å². The van der Waals surface area contributed by atoms with E-state index in [1.165, 1.54) is 16.2 Å². The van der Waals surface area contributed by atoms with Crippen LogP contribution < -0.4 is 9.64 Å². The third-order valence-corrected chi connectivity index (χ3v) is 5.99. The van der Waals surface area contributed by atoms with Crippen molar-refractivity contribution in [2.75, 3.05) is 11.5 Å². The van der Waals surface area contributed by atoms with Crippen LogP contribution in [0, 0.1) is 0 Å². The van der Waals surface area contributed by atoms with E-state index < -0.39 is 17.7 Å². The molecule has 2 aromatic carbocycles. The zero-order valence-corrected chi connectivity index (χ0v) is 18.6. The number of ketones is 1. The molecule has 1 amide bonds. The normalized spacial score (nSPS) is 17.7. The van der Waals surface area contributed by atoms with E-state index in [0.717, 1.165) is 4.47 Å². The number of aromatic nitrogens is 1. The van der Waals surface area contributed by atoms with E-state index in [1.54, 1.807) is 48.0 Å². The minimum Gasteiger partial charge on any atom is -0.507 e. The highest BCUT2D eigenvalue weighted by atomic mass is 79.9. The van der Waals surface area contributed by atoms with Gasteiger partial charge in [0.25, 0.3) is 5.78 Å². The van der Waals surface area contributed by atoms with E-state index in [9.17, 15) is 14.7 Å². The number of thiazole rings is 1. The van der Waals surface area contributed by atoms with E-state index in [-0.39, 0.29) is 11.3 Å². The second-order valence-corrected chi connectivity index (χ2v) is 8.45. The van der Waals surface area contributed by atoms with Crippen LogP contribution >= 0.6 is 27.3 Å². The first-order chi connectivity index (χ1) is 15.0. The summed E-state index contributed by atoms with van der Waals surface area (Å²) in [5.41, 5.74) is 1.09. The Kier molecular flexibility index (Phi) is 6.01. The predicted molar refractivity (Wildman–Crippen MR) is 123 cm³/mol. The molecule has 1 atom stereocenters. The SMILES string of the molecule is C=CCOc1ccc(C(O)=C2C(=O)C(=O)N(c3nccs3)C2c2cccc(Br)c2)cc1. The van der Waals surface area contributed by atoms with Crippen molar-refractivity contribution in [2.45, 2.75) is 6.04 Å². The Morgan fingerprint density at radius 2 is 2.03 bits per heavy atom. The van der Waals surface area contributed by atoms with Gasteiger partial charge in [-0.05, 0) is 42.0 Å². The number of rotatable bonds is 6. The Morgan fingerprint density at radius 1 is 1.26 bits per heavy atom. The average Bonchev–Trinajstić information content (AvgIpc) is 3.39. The summed E-state index contributed by atoms with van der Waals surface area (Å²) in [6, 6.07) is 13.1. The van der Waals surface area contributed by atoms with Gasteiger partial charge in [0.1, 0.15) is 18.1 Å². The summed E-state index contributed by atoms with van der Waals surface area (Å²) in [6.45, 7) is 3.96. The van der Waals surface area contributed by atoms with Crippen molar-refractivity contribution in [1.82, 2.24) is 4.98 Å². The highest BCUT2D eigenvalue weighted by Crippen LogP contribution is 2.43. The number of hydrogen-bond donors (Lipinski definition) is 1. The number of nitrogens with zero attached hydrogens (tertiary/aromatic N) is 2. The fourth-order valence-corrected chi connectivity index (χ4v) is 4.46. The van der Waals surface area contributed by atoms with Gasteiger partial charge < -0.3 is 9.84 Å². The fraction of sp³-hybridized carbons (Fsp3) is 0.0870. The van der Waals surface area contributed by atoms with E-state index in [0.29, 0.717) is 28.6 Å². The third-order valence-electron chi connectivity index (χ3n) is 4.73. The molecule has 0 saturated carbocycles. The highest BCUT2D eigenvalue weighted by molar-refractivity contribution is 9.10. The lowest BCUT2D eigenvalue weighted by Gasteiger charge is -2.23. The molecular formula is C23H17BrN2O4S. The van der Waals surface area contributed by atoms with E-state index in [1.807, 2.05) is 18.2 Å². The topological polar surface area (TPSA) is 79.7 Å². The first kappa shape index (κ1) is 21.0. The molecule has 0 bridgehead atoms. The molecule has 0 spiro atoms. The number of aliphatic hydroxyl groups is 1. The molecular weight excluding hydrogens is 480 g/mol. The largest absolute Gasteiger partial charge is 0.507 e. The Bertz CT molecular complexity index is 1170. The zero-order chi connectivity index (χ0) is 22.0. The van der Waals surface area contributed by atoms with E-state index in [2.05, 4.69) is 27.5 Å². The molecule has 4 rings (SSSR count). The molecule has 31 heavy (non-hydrogen) atoms. The van der Waals surface area contributed by atoms with Gasteiger partial charge in [0.05, 0.1) is 11.6 Å². The number of carbonyl (C=O) groups excluding carboxylic acids is 2. The van der Waals surface area contributed by atoms with Crippen LogP contribution in [-0.4, -0.2) is 28.4 Å². The molecule has 1 fully saturated rings. The van der Waals surface area contributed by atoms with Crippen molar-refractivity contribution in [3.05, 3.63) is 93.9 Å². The molecule has 156 valence electrons. The predicted octanol–water partition coefficient (Wildman–Crippen LogP) is 5.10. The number of amides is 1. The van der Waals surface area contributed by atoms with Gasteiger partial charge in [0.2, 0.25) is 0 Å². The molecule has 1 N–H and O–H groups in total. The van der Waals surface area contributed by atoms with Gasteiger partial charge in [-0.3, -0.25) is 14.5 Å². The maximum absolute atomic E-state index is 13.0. The molecule has 1 aliphatic rings.